The second-order valence-corrected chi connectivity index (χ2v) is 16.1. The normalized spacial score (nSPS) is 16.7. The van der Waals surface area contributed by atoms with E-state index in [1.165, 1.54) is 46.6 Å². The van der Waals surface area contributed by atoms with Gasteiger partial charge in [-0.25, -0.2) is 9.98 Å². The predicted molar refractivity (Wildman–Crippen MR) is 269 cm³/mol. The molecule has 8 N–H and O–H groups in total. The van der Waals surface area contributed by atoms with E-state index in [0.29, 0.717) is 22.6 Å². The standard InChI is InChI=1S/C15H15N3O2S.C15H15N3OS.C13H10O3S.C2H7N3.C2H6.ClH/c1-18-13(19)15(17-14(18)16,11-6-7-21-9-11)10-4-3-5-12(8-10)20-2;1-10-4-3-5-11(8-10)15(12-6-7-20-9-12)13(19)18(2)14(16)17-15;1-16-11-4-2-3-9(7-11)12(14)13(15)10-5-6-17-8-10;1-5-2(3)4;1-2;/h3-9H,1-2H3,(H2,16,17);3-9H,1-2H3,(H2,16,17);2-8H,1H3;1H3,(H4,3,4,5);1-2H3;1H. The molecule has 66 heavy (non-hydrogen) atoms. The number of thiophene rings is 3. The van der Waals surface area contributed by atoms with Gasteiger partial charge in [-0.1, -0.05) is 67.9 Å². The first kappa shape index (κ1) is 53.5. The summed E-state index contributed by atoms with van der Waals surface area (Å²) in [5, 5.41) is 11.2. The number of nitrogens with zero attached hydrogens (tertiary/aromatic N) is 5. The highest BCUT2D eigenvalue weighted by Gasteiger charge is 2.51. The Labute approximate surface area is 402 Å². The smallest absolute Gasteiger partial charge is 0.266 e. The first-order valence-electron chi connectivity index (χ1n) is 19.9. The third kappa shape index (κ3) is 11.7. The van der Waals surface area contributed by atoms with Gasteiger partial charge in [-0.3, -0.25) is 34.0 Å². The highest BCUT2D eigenvalue weighted by Crippen LogP contribution is 2.42. The molecule has 0 aliphatic carbocycles. The van der Waals surface area contributed by atoms with Crippen LogP contribution >= 0.6 is 46.4 Å². The number of ether oxygens (including phenoxy) is 2. The van der Waals surface area contributed by atoms with Crippen LogP contribution in [0.15, 0.2) is 138 Å². The molecule has 3 aromatic heterocycles. The zero-order valence-corrected chi connectivity index (χ0v) is 41.0. The zero-order valence-electron chi connectivity index (χ0n) is 37.8. The molecule has 2 unspecified atom stereocenters. The minimum atomic E-state index is -1.12. The molecule has 15 nitrogen and oxygen atoms in total. The van der Waals surface area contributed by atoms with Gasteiger partial charge in [0.15, 0.2) is 29.0 Å². The zero-order chi connectivity index (χ0) is 47.9. The maximum Gasteiger partial charge on any atom is 0.266 e. The first-order chi connectivity index (χ1) is 31.1. The van der Waals surface area contributed by atoms with Crippen LogP contribution in [0.1, 0.15) is 62.4 Å². The van der Waals surface area contributed by atoms with Crippen LogP contribution in [0.5, 0.6) is 11.5 Å². The van der Waals surface area contributed by atoms with Crippen LogP contribution in [0.2, 0.25) is 0 Å². The molecular formula is C47H54ClN9O6S3. The molecule has 2 atom stereocenters. The summed E-state index contributed by atoms with van der Waals surface area (Å²) in [5.74, 6) is 0.571. The maximum atomic E-state index is 12.8. The number of guanidine groups is 3. The fourth-order valence-electron chi connectivity index (χ4n) is 6.45. The first-order valence-corrected chi connectivity index (χ1v) is 22.7. The number of hydrogen-bond donors (Lipinski definition) is 4. The van der Waals surface area contributed by atoms with E-state index in [-0.39, 0.29) is 42.1 Å². The summed E-state index contributed by atoms with van der Waals surface area (Å²) in [4.78, 5) is 64.5. The van der Waals surface area contributed by atoms with E-state index in [0.717, 1.165) is 27.8 Å². The maximum absolute atomic E-state index is 12.8. The Morgan fingerprint density at radius 3 is 1.44 bits per heavy atom. The highest BCUT2D eigenvalue weighted by molar-refractivity contribution is 7.08. The van der Waals surface area contributed by atoms with E-state index in [4.69, 9.17) is 32.4 Å². The number of likely N-dealkylation sites (N-methyl/N-ethyl adjacent to an activating group) is 2. The number of nitrogens with two attached hydrogens (primary N) is 4. The van der Waals surface area contributed by atoms with Crippen LogP contribution in [0.4, 0.5) is 0 Å². The molecule has 5 heterocycles. The number of amides is 2. The minimum Gasteiger partial charge on any atom is -0.497 e. The Bertz CT molecular complexity index is 2650. The molecule has 0 bridgehead atoms. The van der Waals surface area contributed by atoms with E-state index >= 15 is 0 Å². The van der Waals surface area contributed by atoms with Crippen LogP contribution in [0, 0.1) is 6.92 Å². The van der Waals surface area contributed by atoms with Crippen LogP contribution in [0.3, 0.4) is 0 Å². The SMILES string of the molecule is CC.CN=C(N)N.COc1cccc(C(=O)C(=O)c2ccsc2)c1.COc1cccc(C2(c3ccsc3)N=C(N)N(C)C2=O)c1.Cc1cccc(C2(c3ccsc3)N=C(N)N(C)C2=O)c1.Cl. The lowest BCUT2D eigenvalue weighted by atomic mass is 9.84. The molecule has 3 aromatic carbocycles. The van der Waals surface area contributed by atoms with Gasteiger partial charge in [0.2, 0.25) is 11.6 Å². The van der Waals surface area contributed by atoms with Crippen LogP contribution in [-0.2, 0) is 20.7 Å². The summed E-state index contributed by atoms with van der Waals surface area (Å²) >= 11 is 4.46. The van der Waals surface area contributed by atoms with Crippen molar-refractivity contribution in [2.24, 2.45) is 37.9 Å². The topological polar surface area (TPSA) is 234 Å². The van der Waals surface area contributed by atoms with E-state index in [1.807, 2.05) is 103 Å². The van der Waals surface area contributed by atoms with Crippen molar-refractivity contribution in [3.8, 4) is 11.5 Å². The summed E-state index contributed by atoms with van der Waals surface area (Å²) < 4.78 is 10.3. The average molecular weight is 973 g/mol. The molecule has 348 valence electrons. The van der Waals surface area contributed by atoms with Crippen molar-refractivity contribution in [2.75, 3.05) is 35.4 Å². The molecule has 0 fully saturated rings. The Kier molecular flexibility index (Phi) is 19.8. The number of methoxy groups -OCH3 is 2. The van der Waals surface area contributed by atoms with Crippen molar-refractivity contribution in [3.63, 3.8) is 0 Å². The largest absolute Gasteiger partial charge is 0.497 e. The second-order valence-electron chi connectivity index (χ2n) is 13.8. The Morgan fingerprint density at radius 2 is 1.05 bits per heavy atom. The summed E-state index contributed by atoms with van der Waals surface area (Å²) in [6, 6.07) is 27.3. The third-order valence-corrected chi connectivity index (χ3v) is 11.9. The number of carbonyl (C=O) groups is 4. The van der Waals surface area contributed by atoms with Crippen molar-refractivity contribution in [3.05, 3.63) is 162 Å². The Morgan fingerprint density at radius 1 is 0.621 bits per heavy atom. The van der Waals surface area contributed by atoms with E-state index < -0.39 is 22.6 Å². The number of rotatable bonds is 9. The van der Waals surface area contributed by atoms with Crippen LogP contribution in [0.25, 0.3) is 0 Å². The Hall–Kier alpha value is -6.86. The number of Topliss-reactive ketones (excluding diaryl/α,β-unsaturated/α-hetero) is 2. The number of aryl methyl sites for hydroxylation is 1. The summed E-state index contributed by atoms with van der Waals surface area (Å²) in [6.45, 7) is 6.00. The minimum absolute atomic E-state index is 0. The van der Waals surface area contributed by atoms with Gasteiger partial charge in [0.25, 0.3) is 11.8 Å². The van der Waals surface area contributed by atoms with Crippen molar-refractivity contribution in [2.45, 2.75) is 31.8 Å². The quantitative estimate of drug-likeness (QED) is 0.0500. The number of benzene rings is 3. The molecule has 0 saturated carbocycles. The van der Waals surface area contributed by atoms with Crippen LogP contribution in [-0.4, -0.2) is 86.4 Å². The number of aliphatic imine (C=N–C) groups is 3. The molecular weight excluding hydrogens is 918 g/mol. The molecule has 6 aromatic rings. The second kappa shape index (κ2) is 24.4. The number of ketones is 2. The molecule has 8 rings (SSSR count). The van der Waals surface area contributed by atoms with Gasteiger partial charge in [0, 0.05) is 48.8 Å². The lowest BCUT2D eigenvalue weighted by molar-refractivity contribution is -0.130. The van der Waals surface area contributed by atoms with Gasteiger partial charge in [-0.15, -0.1) is 12.4 Å². The van der Waals surface area contributed by atoms with E-state index in [9.17, 15) is 19.2 Å². The Balaban J connectivity index is 0.000000244. The van der Waals surface area contributed by atoms with Gasteiger partial charge in [0.05, 0.1) is 14.2 Å². The molecule has 0 radical (unpaired) electrons. The number of hydrogen-bond acceptors (Lipinski definition) is 14. The fraction of sp³-hybridized carbons (Fsp3) is 0.213. The van der Waals surface area contributed by atoms with Gasteiger partial charge < -0.3 is 32.4 Å². The third-order valence-electron chi connectivity index (χ3n) is 9.86. The molecule has 0 spiro atoms. The summed E-state index contributed by atoms with van der Waals surface area (Å²) in [7, 11) is 7.94. The monoisotopic (exact) mass is 971 g/mol. The van der Waals surface area contributed by atoms with E-state index in [1.54, 1.807) is 73.6 Å². The lowest BCUT2D eigenvalue weighted by Gasteiger charge is -2.25. The van der Waals surface area contributed by atoms with Gasteiger partial charge in [-0.2, -0.15) is 34.0 Å². The number of halogens is 1. The van der Waals surface area contributed by atoms with Crippen LogP contribution < -0.4 is 32.4 Å². The number of carbonyl (C=O) groups excluding carboxylic acids is 4. The molecule has 2 aliphatic heterocycles. The van der Waals surface area contributed by atoms with Gasteiger partial charge >= 0.3 is 0 Å². The molecule has 0 saturated heterocycles. The molecule has 19 heteroatoms. The van der Waals surface area contributed by atoms with Gasteiger partial charge in [-0.05, 0) is 87.4 Å². The average Bonchev–Trinajstić information content (AvgIpc) is 4.21. The predicted octanol–water partition coefficient (Wildman–Crippen LogP) is 7.03. The fourth-order valence-corrected chi connectivity index (χ4v) is 8.48. The van der Waals surface area contributed by atoms with Crippen molar-refractivity contribution >= 4 is 87.7 Å². The lowest BCUT2D eigenvalue weighted by Crippen LogP contribution is -2.40. The van der Waals surface area contributed by atoms with Crippen molar-refractivity contribution in [1.29, 1.82) is 0 Å². The summed E-state index contributed by atoms with van der Waals surface area (Å²) in [6.07, 6.45) is 0. The van der Waals surface area contributed by atoms with Gasteiger partial charge in [0.1, 0.15) is 11.5 Å². The van der Waals surface area contributed by atoms with Crippen molar-refractivity contribution in [1.82, 2.24) is 9.80 Å². The van der Waals surface area contributed by atoms with Crippen molar-refractivity contribution < 1.29 is 28.7 Å². The molecule has 2 amide bonds. The highest BCUT2D eigenvalue weighted by atomic mass is 35.5. The van der Waals surface area contributed by atoms with E-state index in [2.05, 4.69) is 15.0 Å². The molecule has 2 aliphatic rings. The summed E-state index contributed by atoms with van der Waals surface area (Å²) in [5.41, 5.74) is 24.4.